The highest BCUT2D eigenvalue weighted by molar-refractivity contribution is 5.81. The Balaban J connectivity index is 1.93. The van der Waals surface area contributed by atoms with Crippen molar-refractivity contribution >= 4 is 11.8 Å². The normalized spacial score (nSPS) is 21.4. The lowest BCUT2D eigenvalue weighted by molar-refractivity contribution is -0.140. The molecular formula is C16H19F3N2O3. The molecule has 0 aliphatic carbocycles. The minimum Gasteiger partial charge on any atom is -0.484 e. The van der Waals surface area contributed by atoms with E-state index in [4.69, 9.17) is 10.5 Å². The number of rotatable bonds is 4. The van der Waals surface area contributed by atoms with E-state index in [-0.39, 0.29) is 36.8 Å². The minimum atomic E-state index is -4.42. The van der Waals surface area contributed by atoms with Gasteiger partial charge in [-0.25, -0.2) is 0 Å². The first kappa shape index (κ1) is 18.1. The number of amides is 2. The average molecular weight is 344 g/mol. The maximum atomic E-state index is 12.5. The van der Waals surface area contributed by atoms with Crippen molar-refractivity contribution in [2.24, 2.45) is 11.7 Å². The van der Waals surface area contributed by atoms with E-state index in [1.807, 2.05) is 6.92 Å². The Bertz CT molecular complexity index is 602. The van der Waals surface area contributed by atoms with Crippen LogP contribution < -0.4 is 10.5 Å². The summed E-state index contributed by atoms with van der Waals surface area (Å²) < 4.78 is 42.7. The van der Waals surface area contributed by atoms with Crippen LogP contribution in [0.2, 0.25) is 0 Å². The van der Waals surface area contributed by atoms with Gasteiger partial charge >= 0.3 is 6.18 Å². The average Bonchev–Trinajstić information content (AvgIpc) is 2.52. The molecule has 1 aliphatic rings. The molecule has 1 fully saturated rings. The number of alkyl halides is 3. The Morgan fingerprint density at radius 1 is 1.25 bits per heavy atom. The minimum absolute atomic E-state index is 0.0377. The lowest BCUT2D eigenvalue weighted by Gasteiger charge is -2.36. The van der Waals surface area contributed by atoms with Crippen molar-refractivity contribution in [2.75, 3.05) is 13.2 Å². The van der Waals surface area contributed by atoms with Crippen LogP contribution in [0.4, 0.5) is 13.2 Å². The lowest BCUT2D eigenvalue weighted by Crippen LogP contribution is -2.50. The molecule has 1 aliphatic heterocycles. The topological polar surface area (TPSA) is 72.6 Å². The second-order valence-corrected chi connectivity index (χ2v) is 5.88. The number of ether oxygens (including phenoxy) is 1. The third-order valence-electron chi connectivity index (χ3n) is 4.15. The van der Waals surface area contributed by atoms with E-state index >= 15 is 0 Å². The van der Waals surface area contributed by atoms with Gasteiger partial charge in [-0.2, -0.15) is 13.2 Å². The van der Waals surface area contributed by atoms with E-state index in [0.717, 1.165) is 12.1 Å². The number of hydrogen-bond acceptors (Lipinski definition) is 3. The van der Waals surface area contributed by atoms with Gasteiger partial charge in [-0.05, 0) is 44.0 Å². The molecule has 5 nitrogen and oxygen atoms in total. The first-order chi connectivity index (χ1) is 11.2. The number of hydrogen-bond donors (Lipinski definition) is 1. The number of likely N-dealkylation sites (tertiary alicyclic amines) is 1. The van der Waals surface area contributed by atoms with E-state index in [1.54, 1.807) is 0 Å². The van der Waals surface area contributed by atoms with E-state index < -0.39 is 17.6 Å². The monoisotopic (exact) mass is 344 g/mol. The van der Waals surface area contributed by atoms with Crippen LogP contribution in [0.25, 0.3) is 0 Å². The number of piperidine rings is 1. The van der Waals surface area contributed by atoms with Gasteiger partial charge in [0.05, 0.1) is 11.5 Å². The fourth-order valence-corrected chi connectivity index (χ4v) is 2.65. The van der Waals surface area contributed by atoms with Crippen molar-refractivity contribution in [3.63, 3.8) is 0 Å². The van der Waals surface area contributed by atoms with Crippen molar-refractivity contribution in [2.45, 2.75) is 32.0 Å². The van der Waals surface area contributed by atoms with Crippen LogP contribution in [0.15, 0.2) is 24.3 Å². The number of nitrogens with zero attached hydrogens (tertiary/aromatic N) is 1. The smallest absolute Gasteiger partial charge is 0.416 e. The third-order valence-corrected chi connectivity index (χ3v) is 4.15. The predicted molar refractivity (Wildman–Crippen MR) is 80.0 cm³/mol. The highest BCUT2D eigenvalue weighted by atomic mass is 19.4. The van der Waals surface area contributed by atoms with Crippen LogP contribution >= 0.6 is 0 Å². The molecule has 2 N–H and O–H groups in total. The van der Waals surface area contributed by atoms with Gasteiger partial charge in [-0.15, -0.1) is 0 Å². The molecule has 132 valence electrons. The number of carbonyl (C=O) groups is 2. The van der Waals surface area contributed by atoms with E-state index in [2.05, 4.69) is 0 Å². The molecule has 24 heavy (non-hydrogen) atoms. The Morgan fingerprint density at radius 3 is 2.42 bits per heavy atom. The Kier molecular flexibility index (Phi) is 5.36. The Morgan fingerprint density at radius 2 is 1.88 bits per heavy atom. The summed E-state index contributed by atoms with van der Waals surface area (Å²) in [6, 6.07) is 4.09. The maximum absolute atomic E-state index is 12.5. The highest BCUT2D eigenvalue weighted by Crippen LogP contribution is 2.30. The molecule has 0 radical (unpaired) electrons. The summed E-state index contributed by atoms with van der Waals surface area (Å²) >= 11 is 0. The largest absolute Gasteiger partial charge is 0.484 e. The van der Waals surface area contributed by atoms with Gasteiger partial charge in [0.1, 0.15) is 5.75 Å². The first-order valence-electron chi connectivity index (χ1n) is 7.57. The zero-order valence-electron chi connectivity index (χ0n) is 13.2. The molecule has 1 saturated heterocycles. The van der Waals surface area contributed by atoms with Gasteiger partial charge in [0.15, 0.2) is 6.61 Å². The standard InChI is InChI=1S/C16H19F3N2O3/c1-10-2-3-11(15(20)23)8-21(10)14(22)9-24-13-6-4-12(5-7-13)16(17,18)19/h4-7,10-11H,2-3,8-9H2,1H3,(H2,20,23)/t10-,11+/m1/s1. The van der Waals surface area contributed by atoms with Crippen LogP contribution in [0.1, 0.15) is 25.3 Å². The molecule has 0 spiro atoms. The molecule has 2 rings (SSSR count). The van der Waals surface area contributed by atoms with E-state index in [1.165, 1.54) is 17.0 Å². The summed E-state index contributed by atoms with van der Waals surface area (Å²) in [7, 11) is 0. The van der Waals surface area contributed by atoms with Crippen molar-refractivity contribution in [1.82, 2.24) is 4.90 Å². The molecule has 8 heteroatoms. The Labute approximate surface area is 137 Å². The highest BCUT2D eigenvalue weighted by Gasteiger charge is 2.32. The van der Waals surface area contributed by atoms with Crippen LogP contribution in [0.3, 0.4) is 0 Å². The van der Waals surface area contributed by atoms with Crippen molar-refractivity contribution in [3.05, 3.63) is 29.8 Å². The summed E-state index contributed by atoms with van der Waals surface area (Å²) in [5.41, 5.74) is 4.51. The fourth-order valence-electron chi connectivity index (χ4n) is 2.65. The molecule has 2 atom stereocenters. The van der Waals surface area contributed by atoms with Gasteiger partial charge in [0, 0.05) is 12.6 Å². The van der Waals surface area contributed by atoms with Crippen LogP contribution in [-0.2, 0) is 15.8 Å². The van der Waals surface area contributed by atoms with Crippen molar-refractivity contribution in [3.8, 4) is 5.75 Å². The summed E-state index contributed by atoms with van der Waals surface area (Å²) in [6.07, 6.45) is -3.11. The summed E-state index contributed by atoms with van der Waals surface area (Å²) in [4.78, 5) is 25.1. The molecule has 0 bridgehead atoms. The van der Waals surface area contributed by atoms with Gasteiger partial charge in [0.25, 0.3) is 5.91 Å². The second kappa shape index (κ2) is 7.11. The number of carbonyl (C=O) groups excluding carboxylic acids is 2. The van der Waals surface area contributed by atoms with Crippen LogP contribution in [0, 0.1) is 5.92 Å². The number of nitrogens with two attached hydrogens (primary N) is 1. The number of benzene rings is 1. The molecule has 0 aromatic heterocycles. The van der Waals surface area contributed by atoms with Gasteiger partial charge in [0.2, 0.25) is 5.91 Å². The second-order valence-electron chi connectivity index (χ2n) is 5.88. The van der Waals surface area contributed by atoms with Gasteiger partial charge in [-0.3, -0.25) is 9.59 Å². The van der Waals surface area contributed by atoms with Crippen LogP contribution in [-0.4, -0.2) is 35.9 Å². The molecule has 1 aromatic carbocycles. The summed E-state index contributed by atoms with van der Waals surface area (Å²) in [6.45, 7) is 1.81. The molecule has 1 heterocycles. The van der Waals surface area contributed by atoms with Crippen LogP contribution in [0.5, 0.6) is 5.75 Å². The third kappa shape index (κ3) is 4.39. The number of primary amides is 1. The number of halogens is 3. The van der Waals surface area contributed by atoms with Gasteiger partial charge in [-0.1, -0.05) is 0 Å². The quantitative estimate of drug-likeness (QED) is 0.910. The van der Waals surface area contributed by atoms with Crippen molar-refractivity contribution < 1.29 is 27.5 Å². The zero-order valence-corrected chi connectivity index (χ0v) is 13.2. The predicted octanol–water partition coefficient (Wildman–Crippen LogP) is 2.20. The molecule has 0 unspecified atom stereocenters. The lowest BCUT2D eigenvalue weighted by atomic mass is 9.93. The summed E-state index contributed by atoms with van der Waals surface area (Å²) in [5, 5.41) is 0. The molecule has 1 aromatic rings. The zero-order chi connectivity index (χ0) is 17.9. The first-order valence-corrected chi connectivity index (χ1v) is 7.57. The molecule has 2 amide bonds. The fraction of sp³-hybridized carbons (Fsp3) is 0.500. The van der Waals surface area contributed by atoms with E-state index in [9.17, 15) is 22.8 Å². The Hall–Kier alpha value is -2.25. The van der Waals surface area contributed by atoms with E-state index in [0.29, 0.717) is 12.8 Å². The summed E-state index contributed by atoms with van der Waals surface area (Å²) in [5.74, 6) is -0.972. The molecular weight excluding hydrogens is 325 g/mol. The van der Waals surface area contributed by atoms with Gasteiger partial charge < -0.3 is 15.4 Å². The van der Waals surface area contributed by atoms with Crippen molar-refractivity contribution in [1.29, 1.82) is 0 Å². The SMILES string of the molecule is C[C@@H]1CC[C@H](C(N)=O)CN1C(=O)COc1ccc(C(F)(F)F)cc1. The maximum Gasteiger partial charge on any atom is 0.416 e. The molecule has 0 saturated carbocycles.